The van der Waals surface area contributed by atoms with E-state index in [0.717, 1.165) is 19.1 Å². The van der Waals surface area contributed by atoms with Gasteiger partial charge in [-0.3, -0.25) is 5.32 Å². The Morgan fingerprint density at radius 3 is 2.14 bits per heavy atom. The van der Waals surface area contributed by atoms with E-state index in [0.29, 0.717) is 6.07 Å². The fraction of sp³-hybridized carbons (Fsp3) is 0.462. The normalized spacial score (nSPS) is 14.6. The second-order valence-electron chi connectivity index (χ2n) is 4.47. The minimum atomic E-state index is -4.60. The Labute approximate surface area is 118 Å². The molecule has 118 valence electrons. The van der Waals surface area contributed by atoms with Crippen LogP contribution in [-0.2, 0) is 15.1 Å². The molecule has 0 aliphatic rings. The molecule has 0 aliphatic heterocycles. The molecule has 0 saturated carbocycles. The summed E-state index contributed by atoms with van der Waals surface area (Å²) in [6.45, 7) is 0.944. The molecule has 0 saturated heterocycles. The van der Waals surface area contributed by atoms with Crippen LogP contribution >= 0.6 is 0 Å². The Morgan fingerprint density at radius 2 is 1.71 bits per heavy atom. The first kappa shape index (κ1) is 17.4. The molecule has 0 heterocycles. The Kier molecular flexibility index (Phi) is 5.27. The summed E-state index contributed by atoms with van der Waals surface area (Å²) in [6, 6.07) is 2.12. The van der Waals surface area contributed by atoms with Crippen LogP contribution in [0.3, 0.4) is 0 Å². The number of halogens is 5. The number of benzene rings is 1. The molecule has 3 nitrogen and oxygen atoms in total. The molecule has 0 aromatic heterocycles. The third kappa shape index (κ3) is 4.66. The smallest absolute Gasteiger partial charge is 0.401 e. The summed E-state index contributed by atoms with van der Waals surface area (Å²) in [5, 5.41) is 1.96. The van der Waals surface area contributed by atoms with E-state index in [1.807, 2.05) is 5.32 Å². The monoisotopic (exact) mass is 311 g/mol. The maximum atomic E-state index is 13.2. The molecule has 1 rings (SSSR count). The molecular formula is C13H14F5NO2. The molecule has 0 spiro atoms. The summed E-state index contributed by atoms with van der Waals surface area (Å²) in [4.78, 5) is 11.9. The topological polar surface area (TPSA) is 38.3 Å². The zero-order valence-electron chi connectivity index (χ0n) is 11.4. The van der Waals surface area contributed by atoms with Crippen LogP contribution in [0.2, 0.25) is 0 Å². The molecule has 0 aliphatic carbocycles. The number of ether oxygens (including phenoxy) is 1. The first-order valence-corrected chi connectivity index (χ1v) is 6.04. The fourth-order valence-electron chi connectivity index (χ4n) is 1.69. The molecule has 1 aromatic carbocycles. The average molecular weight is 311 g/mol. The van der Waals surface area contributed by atoms with Gasteiger partial charge in [-0.25, -0.2) is 13.6 Å². The number of carbonyl (C=O) groups excluding carboxylic acids is 1. The van der Waals surface area contributed by atoms with E-state index in [9.17, 15) is 26.7 Å². The molecule has 0 bridgehead atoms. The van der Waals surface area contributed by atoms with Gasteiger partial charge in [-0.05, 0) is 31.5 Å². The quantitative estimate of drug-likeness (QED) is 0.671. The van der Waals surface area contributed by atoms with Crippen LogP contribution in [-0.4, -0.2) is 25.3 Å². The molecule has 21 heavy (non-hydrogen) atoms. The SMILES string of the molecule is CCOC(=O)C(C)(NCC(F)(F)F)c1cc(F)cc(F)c1. The number of rotatable bonds is 5. The number of hydrogen-bond donors (Lipinski definition) is 1. The molecular weight excluding hydrogens is 297 g/mol. The van der Waals surface area contributed by atoms with Gasteiger partial charge in [-0.2, -0.15) is 13.2 Å². The first-order valence-electron chi connectivity index (χ1n) is 6.04. The standard InChI is InChI=1S/C13H14F5NO2/c1-3-21-11(20)12(2,19-7-13(16,17)18)8-4-9(14)6-10(15)5-8/h4-6,19H,3,7H2,1-2H3. The summed E-state index contributed by atoms with van der Waals surface area (Å²) in [7, 11) is 0. The lowest BCUT2D eigenvalue weighted by molar-refractivity contribution is -0.155. The second-order valence-corrected chi connectivity index (χ2v) is 4.47. The number of alkyl halides is 3. The van der Waals surface area contributed by atoms with Crippen LogP contribution in [0, 0.1) is 11.6 Å². The Bertz CT molecular complexity index is 498. The average Bonchev–Trinajstić information content (AvgIpc) is 2.34. The highest BCUT2D eigenvalue weighted by atomic mass is 19.4. The van der Waals surface area contributed by atoms with Crippen LogP contribution in [0.1, 0.15) is 19.4 Å². The minimum Gasteiger partial charge on any atom is -0.464 e. The predicted octanol–water partition coefficient (Wildman–Crippen LogP) is 2.90. The molecule has 1 unspecified atom stereocenters. The molecule has 0 radical (unpaired) electrons. The lowest BCUT2D eigenvalue weighted by Crippen LogP contribution is -2.51. The number of nitrogens with one attached hydrogen (secondary N) is 1. The van der Waals surface area contributed by atoms with Gasteiger partial charge in [0, 0.05) is 6.07 Å². The Balaban J connectivity index is 3.20. The van der Waals surface area contributed by atoms with Crippen LogP contribution < -0.4 is 5.32 Å². The summed E-state index contributed by atoms with van der Waals surface area (Å²) in [5.41, 5.74) is -2.31. The van der Waals surface area contributed by atoms with Crippen molar-refractivity contribution in [1.82, 2.24) is 5.32 Å². The van der Waals surface area contributed by atoms with Gasteiger partial charge >= 0.3 is 12.1 Å². The van der Waals surface area contributed by atoms with Crippen molar-refractivity contribution in [2.24, 2.45) is 0 Å². The van der Waals surface area contributed by atoms with Gasteiger partial charge in [0.05, 0.1) is 13.2 Å². The number of hydrogen-bond acceptors (Lipinski definition) is 3. The Morgan fingerprint density at radius 1 is 1.19 bits per heavy atom. The van der Waals surface area contributed by atoms with Gasteiger partial charge in [0.1, 0.15) is 17.2 Å². The summed E-state index contributed by atoms with van der Waals surface area (Å²) >= 11 is 0. The van der Waals surface area contributed by atoms with Gasteiger partial charge < -0.3 is 4.74 Å². The highest BCUT2D eigenvalue weighted by Gasteiger charge is 2.41. The van der Waals surface area contributed by atoms with Gasteiger partial charge in [0.25, 0.3) is 0 Å². The van der Waals surface area contributed by atoms with E-state index in [2.05, 4.69) is 0 Å². The van der Waals surface area contributed by atoms with Gasteiger partial charge in [0.15, 0.2) is 0 Å². The van der Waals surface area contributed by atoms with Gasteiger partial charge in [-0.15, -0.1) is 0 Å². The van der Waals surface area contributed by atoms with Crippen LogP contribution in [0.15, 0.2) is 18.2 Å². The van der Waals surface area contributed by atoms with Crippen molar-refractivity contribution >= 4 is 5.97 Å². The summed E-state index contributed by atoms with van der Waals surface area (Å²) < 4.78 is 68.2. The van der Waals surface area contributed by atoms with E-state index in [1.54, 1.807) is 0 Å². The van der Waals surface area contributed by atoms with Crippen LogP contribution in [0.4, 0.5) is 22.0 Å². The number of esters is 1. The van der Waals surface area contributed by atoms with E-state index < -0.39 is 35.9 Å². The third-order valence-corrected chi connectivity index (χ3v) is 2.77. The van der Waals surface area contributed by atoms with Crippen molar-refractivity contribution in [3.63, 3.8) is 0 Å². The van der Waals surface area contributed by atoms with Crippen molar-refractivity contribution in [3.05, 3.63) is 35.4 Å². The molecule has 1 N–H and O–H groups in total. The summed E-state index contributed by atoms with van der Waals surface area (Å²) in [6.07, 6.45) is -4.60. The van der Waals surface area contributed by atoms with Crippen molar-refractivity contribution in [2.45, 2.75) is 25.6 Å². The number of carbonyl (C=O) groups is 1. The minimum absolute atomic E-state index is 0.0834. The summed E-state index contributed by atoms with van der Waals surface area (Å²) in [5.74, 6) is -3.07. The maximum Gasteiger partial charge on any atom is 0.401 e. The first-order chi connectivity index (χ1) is 9.58. The zero-order valence-corrected chi connectivity index (χ0v) is 11.4. The van der Waals surface area contributed by atoms with Crippen molar-refractivity contribution in [3.8, 4) is 0 Å². The van der Waals surface area contributed by atoms with Crippen LogP contribution in [0.5, 0.6) is 0 Å². The second kappa shape index (κ2) is 6.38. The largest absolute Gasteiger partial charge is 0.464 e. The fourth-order valence-corrected chi connectivity index (χ4v) is 1.69. The lowest BCUT2D eigenvalue weighted by Gasteiger charge is -2.29. The van der Waals surface area contributed by atoms with Crippen molar-refractivity contribution in [1.29, 1.82) is 0 Å². The Hall–Kier alpha value is -1.70. The van der Waals surface area contributed by atoms with Gasteiger partial charge in [0.2, 0.25) is 0 Å². The maximum absolute atomic E-state index is 13.2. The molecule has 1 aromatic rings. The predicted molar refractivity (Wildman–Crippen MR) is 64.4 cm³/mol. The lowest BCUT2D eigenvalue weighted by atomic mass is 9.91. The van der Waals surface area contributed by atoms with Crippen molar-refractivity contribution < 1.29 is 31.5 Å². The van der Waals surface area contributed by atoms with Crippen LogP contribution in [0.25, 0.3) is 0 Å². The molecule has 0 fully saturated rings. The molecule has 1 atom stereocenters. The van der Waals surface area contributed by atoms with E-state index in [1.165, 1.54) is 6.92 Å². The third-order valence-electron chi connectivity index (χ3n) is 2.77. The van der Waals surface area contributed by atoms with E-state index in [4.69, 9.17) is 4.74 Å². The highest BCUT2D eigenvalue weighted by molar-refractivity contribution is 5.82. The van der Waals surface area contributed by atoms with Gasteiger partial charge in [-0.1, -0.05) is 0 Å². The zero-order chi connectivity index (χ0) is 16.3. The van der Waals surface area contributed by atoms with E-state index in [-0.39, 0.29) is 12.2 Å². The molecule has 0 amide bonds. The van der Waals surface area contributed by atoms with Crippen molar-refractivity contribution in [2.75, 3.05) is 13.2 Å². The molecule has 8 heteroatoms. The highest BCUT2D eigenvalue weighted by Crippen LogP contribution is 2.26. The van der Waals surface area contributed by atoms with E-state index >= 15 is 0 Å².